The van der Waals surface area contributed by atoms with E-state index >= 15 is 0 Å². The summed E-state index contributed by atoms with van der Waals surface area (Å²) in [6, 6.07) is 12.2. The molecule has 3 aromatic rings. The second-order valence-corrected chi connectivity index (χ2v) is 12.7. The Hall–Kier alpha value is -2.80. The van der Waals surface area contributed by atoms with Crippen molar-refractivity contribution in [2.45, 2.75) is 63.8 Å². The number of ether oxygens (including phenoxy) is 1. The van der Waals surface area contributed by atoms with Gasteiger partial charge in [-0.1, -0.05) is 32.3 Å². The maximum atomic E-state index is 12.7. The third-order valence-corrected chi connectivity index (χ3v) is 8.97. The summed E-state index contributed by atoms with van der Waals surface area (Å²) in [5.74, 6) is 1.27. The first kappa shape index (κ1) is 22.7. The van der Waals surface area contributed by atoms with Crippen molar-refractivity contribution >= 4 is 26.8 Å². The lowest BCUT2D eigenvalue weighted by Crippen LogP contribution is -2.29. The lowest BCUT2D eigenvalue weighted by atomic mass is 9.81. The molecule has 2 saturated carbocycles. The monoisotopic (exact) mass is 492 g/mol. The average molecular weight is 493 g/mol. The maximum absolute atomic E-state index is 12.7. The molecule has 1 aromatic heterocycles. The summed E-state index contributed by atoms with van der Waals surface area (Å²) in [5, 5.41) is 1.19. The van der Waals surface area contributed by atoms with E-state index in [1.807, 2.05) is 12.1 Å². The second kappa shape index (κ2) is 7.85. The third kappa shape index (κ3) is 3.75. The van der Waals surface area contributed by atoms with Gasteiger partial charge in [-0.05, 0) is 78.0 Å². The average Bonchev–Trinajstić information content (AvgIpc) is 3.42. The minimum absolute atomic E-state index is 0.146. The van der Waals surface area contributed by atoms with Gasteiger partial charge in [-0.3, -0.25) is 4.79 Å². The van der Waals surface area contributed by atoms with E-state index < -0.39 is 15.9 Å². The summed E-state index contributed by atoms with van der Waals surface area (Å²) in [4.78, 5) is 12.7. The molecule has 0 spiro atoms. The fraction of sp³-hybridized carbons (Fsp3) is 0.464. The van der Waals surface area contributed by atoms with Crippen LogP contribution in [-0.4, -0.2) is 32.3 Å². The number of aromatic nitrogens is 1. The molecule has 35 heavy (non-hydrogen) atoms. The van der Waals surface area contributed by atoms with Crippen molar-refractivity contribution in [3.8, 4) is 17.0 Å². The number of nitrogens with zero attached hydrogens (tertiary/aromatic N) is 1. The highest BCUT2D eigenvalue weighted by molar-refractivity contribution is 7.89. The first-order valence-electron chi connectivity index (χ1n) is 12.5. The van der Waals surface area contributed by atoms with Crippen LogP contribution in [0.1, 0.15) is 78.8 Å². The summed E-state index contributed by atoms with van der Waals surface area (Å²) in [6.45, 7) is 3.23. The molecule has 1 amide bonds. The summed E-state index contributed by atoms with van der Waals surface area (Å²) >= 11 is 0. The predicted octanol–water partition coefficient (Wildman–Crippen LogP) is 5.56. The quantitative estimate of drug-likeness (QED) is 0.517. The van der Waals surface area contributed by atoms with Crippen LogP contribution in [0.4, 0.5) is 0 Å². The second-order valence-electron chi connectivity index (χ2n) is 11.0. The van der Waals surface area contributed by atoms with Crippen molar-refractivity contribution in [1.82, 2.24) is 9.29 Å². The minimum atomic E-state index is -3.64. The fourth-order valence-electron chi connectivity index (χ4n) is 6.60. The number of carbonyl (C=O) groups is 1. The van der Waals surface area contributed by atoms with Gasteiger partial charge in [0, 0.05) is 28.6 Å². The minimum Gasteiger partial charge on any atom is -0.497 e. The van der Waals surface area contributed by atoms with Gasteiger partial charge in [0.25, 0.3) is 5.91 Å². The van der Waals surface area contributed by atoms with E-state index in [9.17, 15) is 13.2 Å². The Labute approximate surface area is 206 Å². The van der Waals surface area contributed by atoms with E-state index in [1.165, 1.54) is 59.9 Å². The maximum Gasteiger partial charge on any atom is 0.264 e. The number of benzene rings is 2. The number of fused-ring (bicyclic) bond motifs is 7. The van der Waals surface area contributed by atoms with E-state index in [0.717, 1.165) is 30.5 Å². The molecule has 0 radical (unpaired) electrons. The Morgan fingerprint density at radius 1 is 1.11 bits per heavy atom. The van der Waals surface area contributed by atoms with Gasteiger partial charge in [-0.15, -0.1) is 0 Å². The number of amides is 1. The molecule has 2 aromatic carbocycles. The van der Waals surface area contributed by atoms with Gasteiger partial charge in [-0.2, -0.15) is 0 Å². The molecule has 1 N–H and O–H groups in total. The van der Waals surface area contributed by atoms with Crippen LogP contribution in [-0.2, 0) is 16.6 Å². The third-order valence-electron chi connectivity index (χ3n) is 8.42. The smallest absolute Gasteiger partial charge is 0.264 e. The Morgan fingerprint density at radius 3 is 2.60 bits per heavy atom. The predicted molar refractivity (Wildman–Crippen MR) is 138 cm³/mol. The van der Waals surface area contributed by atoms with Crippen molar-refractivity contribution in [2.75, 3.05) is 13.4 Å². The SMILES string of the molecule is COc1ccc2c(c1)C1CC1(C)Cn1c-2c(C2CCCCC2)c2ccc(C(=O)NS(C)(=O)=O)cc21. The summed E-state index contributed by atoms with van der Waals surface area (Å²) in [7, 11) is -1.92. The first-order chi connectivity index (χ1) is 16.7. The molecule has 6 nitrogen and oxygen atoms in total. The van der Waals surface area contributed by atoms with Gasteiger partial charge in [0.2, 0.25) is 10.0 Å². The Morgan fingerprint density at radius 2 is 1.89 bits per heavy atom. The number of hydrogen-bond donors (Lipinski definition) is 1. The molecular formula is C28H32N2O4S. The van der Waals surface area contributed by atoms with Crippen LogP contribution < -0.4 is 9.46 Å². The Kier molecular flexibility index (Phi) is 5.08. The van der Waals surface area contributed by atoms with Gasteiger partial charge in [0.15, 0.2) is 0 Å². The van der Waals surface area contributed by atoms with E-state index in [4.69, 9.17) is 4.74 Å². The number of sulfonamides is 1. The number of methoxy groups -OCH3 is 1. The highest BCUT2D eigenvalue weighted by Crippen LogP contribution is 2.65. The molecule has 2 atom stereocenters. The number of nitrogens with one attached hydrogen (secondary N) is 1. The number of hydrogen-bond acceptors (Lipinski definition) is 4. The zero-order chi connectivity index (χ0) is 24.5. The number of carbonyl (C=O) groups excluding carboxylic acids is 1. The van der Waals surface area contributed by atoms with Gasteiger partial charge in [-0.25, -0.2) is 13.1 Å². The van der Waals surface area contributed by atoms with E-state index in [2.05, 4.69) is 34.4 Å². The molecule has 1 aliphatic heterocycles. The highest BCUT2D eigenvalue weighted by Gasteiger charge is 2.54. The van der Waals surface area contributed by atoms with Crippen molar-refractivity contribution in [3.63, 3.8) is 0 Å². The summed E-state index contributed by atoms with van der Waals surface area (Å²) < 4.78 is 33.5. The Balaban J connectivity index is 1.62. The summed E-state index contributed by atoms with van der Waals surface area (Å²) in [6.07, 6.45) is 8.24. The Bertz CT molecular complexity index is 1470. The van der Waals surface area contributed by atoms with Crippen molar-refractivity contribution < 1.29 is 17.9 Å². The lowest BCUT2D eigenvalue weighted by molar-refractivity contribution is 0.0982. The molecule has 2 unspecified atom stereocenters. The molecule has 2 fully saturated rings. The van der Waals surface area contributed by atoms with E-state index in [-0.39, 0.29) is 5.41 Å². The molecule has 3 aliphatic rings. The van der Waals surface area contributed by atoms with Crippen molar-refractivity contribution in [3.05, 3.63) is 53.1 Å². The van der Waals surface area contributed by atoms with Crippen LogP contribution in [0.2, 0.25) is 0 Å². The fourth-order valence-corrected chi connectivity index (χ4v) is 7.06. The van der Waals surface area contributed by atoms with Crippen molar-refractivity contribution in [1.29, 1.82) is 0 Å². The molecule has 7 heteroatoms. The molecule has 2 aliphatic carbocycles. The topological polar surface area (TPSA) is 77.4 Å². The van der Waals surface area contributed by atoms with Gasteiger partial charge < -0.3 is 9.30 Å². The van der Waals surface area contributed by atoms with Crippen LogP contribution in [0, 0.1) is 5.41 Å². The highest BCUT2D eigenvalue weighted by atomic mass is 32.2. The van der Waals surface area contributed by atoms with Gasteiger partial charge in [0.05, 0.1) is 19.1 Å². The molecule has 0 saturated heterocycles. The first-order valence-corrected chi connectivity index (χ1v) is 14.4. The normalized spacial score (nSPS) is 23.7. The molecule has 184 valence electrons. The van der Waals surface area contributed by atoms with Gasteiger partial charge >= 0.3 is 0 Å². The zero-order valence-corrected chi connectivity index (χ0v) is 21.4. The van der Waals surface area contributed by atoms with Gasteiger partial charge in [0.1, 0.15) is 5.75 Å². The standard InChI is InChI=1S/C28H32N2O4S/c1-28-15-23(28)22-14-19(34-2)10-12-20(22)26-25(17-7-5-4-6-8-17)21-11-9-18(13-24(21)30(26)16-28)27(31)29-35(3,32)33/h9-14,17,23H,4-8,15-16H2,1-3H3,(H,29,31). The van der Waals surface area contributed by atoms with Crippen LogP contribution in [0.15, 0.2) is 36.4 Å². The van der Waals surface area contributed by atoms with E-state index in [1.54, 1.807) is 13.2 Å². The zero-order valence-electron chi connectivity index (χ0n) is 20.6. The van der Waals surface area contributed by atoms with Crippen LogP contribution >= 0.6 is 0 Å². The molecule has 0 bridgehead atoms. The van der Waals surface area contributed by atoms with Crippen molar-refractivity contribution in [2.24, 2.45) is 5.41 Å². The van der Waals surface area contributed by atoms with E-state index in [0.29, 0.717) is 17.4 Å². The molecular weight excluding hydrogens is 460 g/mol. The lowest BCUT2D eigenvalue weighted by Gasteiger charge is -2.24. The molecule has 6 rings (SSSR count). The largest absolute Gasteiger partial charge is 0.497 e. The summed E-state index contributed by atoms with van der Waals surface area (Å²) in [5.41, 5.74) is 6.85. The van der Waals surface area contributed by atoms with Crippen LogP contribution in [0.5, 0.6) is 5.75 Å². The number of rotatable bonds is 4. The van der Waals surface area contributed by atoms with Crippen LogP contribution in [0.3, 0.4) is 0 Å². The molecule has 2 heterocycles. The van der Waals surface area contributed by atoms with Crippen LogP contribution in [0.25, 0.3) is 22.2 Å².